The van der Waals surface area contributed by atoms with E-state index in [0.29, 0.717) is 30.7 Å². The number of hydrogen-bond donors (Lipinski definition) is 5. The fourth-order valence-corrected chi connectivity index (χ4v) is 4.03. The highest BCUT2D eigenvalue weighted by molar-refractivity contribution is 5.91. The summed E-state index contributed by atoms with van der Waals surface area (Å²) in [5, 5.41) is 32.7. The highest BCUT2D eigenvalue weighted by Crippen LogP contribution is 2.14. The lowest BCUT2D eigenvalue weighted by Gasteiger charge is -2.25. The van der Waals surface area contributed by atoms with Gasteiger partial charge in [0.15, 0.2) is 0 Å². The van der Waals surface area contributed by atoms with Crippen LogP contribution in [0.1, 0.15) is 44.1 Å². The lowest BCUT2D eigenvalue weighted by Crippen LogP contribution is -2.46. The van der Waals surface area contributed by atoms with Gasteiger partial charge < -0.3 is 30.7 Å². The Kier molecular flexibility index (Phi) is 14.2. The van der Waals surface area contributed by atoms with Crippen molar-refractivity contribution < 1.29 is 48.8 Å². The van der Waals surface area contributed by atoms with E-state index in [9.17, 15) is 33.9 Å². The van der Waals surface area contributed by atoms with Crippen LogP contribution in [0.15, 0.2) is 54.6 Å². The number of esters is 1. The Bertz CT molecular complexity index is 1200. The first-order valence-corrected chi connectivity index (χ1v) is 13.3. The van der Waals surface area contributed by atoms with Crippen molar-refractivity contribution in [3.8, 4) is 5.75 Å². The smallest absolute Gasteiger partial charge is 0.320 e. The van der Waals surface area contributed by atoms with Crippen LogP contribution in [0.25, 0.3) is 0 Å². The lowest BCUT2D eigenvalue weighted by atomic mass is 10.1. The van der Waals surface area contributed by atoms with Crippen molar-refractivity contribution in [3.05, 3.63) is 60.2 Å². The van der Waals surface area contributed by atoms with Gasteiger partial charge in [0.25, 0.3) is 0 Å². The molecule has 0 aliphatic rings. The Labute approximate surface area is 242 Å². The quantitative estimate of drug-likeness (QED) is 0.0919. The normalized spacial score (nSPS) is 11.4. The van der Waals surface area contributed by atoms with Crippen molar-refractivity contribution in [3.63, 3.8) is 0 Å². The number of para-hydroxylation sites is 1. The SMILES string of the molecule is O=C(O)CN(CC(=O)O)C(CCCCNC(=O)CCCC(=O)Nc1ccc(CC(=O)Oc2ccccc2)cc1)C(=O)O. The van der Waals surface area contributed by atoms with E-state index in [1.165, 1.54) is 0 Å². The molecule has 0 aliphatic heterocycles. The third-order valence-corrected chi connectivity index (χ3v) is 6.00. The molecule has 2 aromatic carbocycles. The largest absolute Gasteiger partial charge is 0.480 e. The van der Waals surface area contributed by atoms with Gasteiger partial charge in [-0.05, 0) is 55.5 Å². The van der Waals surface area contributed by atoms with Gasteiger partial charge in [0.05, 0.1) is 19.5 Å². The number of nitrogens with one attached hydrogen (secondary N) is 2. The number of aliphatic carboxylic acids is 3. The monoisotopic (exact) mass is 585 g/mol. The third-order valence-electron chi connectivity index (χ3n) is 6.00. The molecule has 0 bridgehead atoms. The topological polar surface area (TPSA) is 200 Å². The number of carboxylic acids is 3. The van der Waals surface area contributed by atoms with Crippen LogP contribution in [0.2, 0.25) is 0 Å². The zero-order valence-electron chi connectivity index (χ0n) is 23.0. The second-order valence-electron chi connectivity index (χ2n) is 9.45. The van der Waals surface area contributed by atoms with E-state index in [0.717, 1.165) is 10.5 Å². The number of carbonyl (C=O) groups excluding carboxylic acids is 3. The summed E-state index contributed by atoms with van der Waals surface area (Å²) in [6.07, 6.45) is 1.35. The summed E-state index contributed by atoms with van der Waals surface area (Å²) in [6, 6.07) is 14.2. The minimum Gasteiger partial charge on any atom is -0.480 e. The molecule has 1 atom stereocenters. The Hall–Kier alpha value is -4.78. The standard InChI is InChI=1S/C29H35N3O10/c33-24(30-16-5-4-9-23(29(40)41)32(18-26(35)36)19-27(37)38)10-6-11-25(34)31-21-14-12-20(13-15-21)17-28(39)42-22-7-2-1-3-8-22/h1-3,7-8,12-15,23H,4-6,9-11,16-19H2,(H,30,33)(H,31,34)(H,35,36)(H,37,38)(H,40,41). The van der Waals surface area contributed by atoms with Gasteiger partial charge in [-0.3, -0.25) is 33.7 Å². The van der Waals surface area contributed by atoms with Gasteiger partial charge in [-0.25, -0.2) is 0 Å². The first-order chi connectivity index (χ1) is 20.0. The Balaban J connectivity index is 1.63. The Morgan fingerprint density at radius 1 is 0.762 bits per heavy atom. The molecule has 0 saturated heterocycles. The Morgan fingerprint density at radius 2 is 1.38 bits per heavy atom. The summed E-state index contributed by atoms with van der Waals surface area (Å²) in [7, 11) is 0. The highest BCUT2D eigenvalue weighted by Gasteiger charge is 2.28. The van der Waals surface area contributed by atoms with Gasteiger partial charge in [0.2, 0.25) is 11.8 Å². The molecule has 2 rings (SSSR count). The van der Waals surface area contributed by atoms with Gasteiger partial charge in [-0.1, -0.05) is 30.3 Å². The summed E-state index contributed by atoms with van der Waals surface area (Å²) in [5.74, 6) is -4.48. The van der Waals surface area contributed by atoms with Crippen molar-refractivity contribution in [1.82, 2.24) is 10.2 Å². The van der Waals surface area contributed by atoms with Crippen molar-refractivity contribution >= 4 is 41.4 Å². The molecule has 42 heavy (non-hydrogen) atoms. The number of rotatable bonds is 19. The van der Waals surface area contributed by atoms with Crippen molar-refractivity contribution in [2.24, 2.45) is 0 Å². The second-order valence-corrected chi connectivity index (χ2v) is 9.45. The van der Waals surface area contributed by atoms with Crippen LogP contribution in [0, 0.1) is 0 Å². The summed E-state index contributed by atoms with van der Waals surface area (Å²) in [5.41, 5.74) is 1.27. The van der Waals surface area contributed by atoms with Crippen LogP contribution >= 0.6 is 0 Å². The summed E-state index contributed by atoms with van der Waals surface area (Å²) in [4.78, 5) is 70.7. The number of hydrogen-bond acceptors (Lipinski definition) is 8. The third kappa shape index (κ3) is 13.5. The molecule has 0 aliphatic carbocycles. The van der Waals surface area contributed by atoms with Crippen LogP contribution in [-0.4, -0.2) is 81.6 Å². The number of ether oxygens (including phenoxy) is 1. The Morgan fingerprint density at radius 3 is 1.98 bits per heavy atom. The molecule has 0 fully saturated rings. The molecule has 13 nitrogen and oxygen atoms in total. The van der Waals surface area contributed by atoms with E-state index in [-0.39, 0.29) is 44.0 Å². The van der Waals surface area contributed by atoms with Crippen LogP contribution in [-0.2, 0) is 35.2 Å². The van der Waals surface area contributed by atoms with E-state index < -0.39 is 43.0 Å². The number of carboxylic acid groups (broad SMARTS) is 3. The first-order valence-electron chi connectivity index (χ1n) is 13.3. The average molecular weight is 586 g/mol. The zero-order chi connectivity index (χ0) is 30.9. The fraction of sp³-hybridized carbons (Fsp3) is 0.379. The number of amides is 2. The molecule has 0 spiro atoms. The number of nitrogens with zero attached hydrogens (tertiary/aromatic N) is 1. The van der Waals surface area contributed by atoms with Crippen molar-refractivity contribution in [1.29, 1.82) is 0 Å². The summed E-state index contributed by atoms with van der Waals surface area (Å²) < 4.78 is 5.26. The first kappa shape index (κ1) is 33.4. The molecule has 2 amide bonds. The lowest BCUT2D eigenvalue weighted by molar-refractivity contribution is -0.149. The van der Waals surface area contributed by atoms with Crippen LogP contribution in [0.5, 0.6) is 5.75 Å². The molecule has 0 heterocycles. The molecular formula is C29H35N3O10. The maximum Gasteiger partial charge on any atom is 0.320 e. The minimum atomic E-state index is -1.33. The highest BCUT2D eigenvalue weighted by atomic mass is 16.5. The van der Waals surface area contributed by atoms with Gasteiger partial charge >= 0.3 is 23.9 Å². The van der Waals surface area contributed by atoms with Crippen LogP contribution in [0.4, 0.5) is 5.69 Å². The minimum absolute atomic E-state index is 0.0185. The van der Waals surface area contributed by atoms with E-state index in [1.807, 2.05) is 6.07 Å². The second kappa shape index (κ2) is 17.8. The number of carbonyl (C=O) groups is 6. The molecule has 1 unspecified atom stereocenters. The predicted octanol–water partition coefficient (Wildman–Crippen LogP) is 2.15. The summed E-state index contributed by atoms with van der Waals surface area (Å²) >= 11 is 0. The molecule has 13 heteroatoms. The number of benzene rings is 2. The van der Waals surface area contributed by atoms with Gasteiger partial charge in [0, 0.05) is 25.1 Å². The molecule has 0 saturated carbocycles. The van der Waals surface area contributed by atoms with E-state index in [4.69, 9.17) is 14.9 Å². The molecule has 2 aromatic rings. The van der Waals surface area contributed by atoms with E-state index in [2.05, 4.69) is 10.6 Å². The van der Waals surface area contributed by atoms with E-state index in [1.54, 1.807) is 48.5 Å². The molecule has 5 N–H and O–H groups in total. The predicted molar refractivity (Wildman–Crippen MR) is 150 cm³/mol. The van der Waals surface area contributed by atoms with Crippen molar-refractivity contribution in [2.75, 3.05) is 25.0 Å². The molecule has 0 radical (unpaired) electrons. The van der Waals surface area contributed by atoms with Crippen LogP contribution in [0.3, 0.4) is 0 Å². The maximum atomic E-state index is 12.2. The molecule has 226 valence electrons. The van der Waals surface area contributed by atoms with Crippen LogP contribution < -0.4 is 15.4 Å². The summed E-state index contributed by atoms with van der Waals surface area (Å²) in [6.45, 7) is -1.19. The molecule has 0 aromatic heterocycles. The van der Waals surface area contributed by atoms with Gasteiger partial charge in [0.1, 0.15) is 11.8 Å². The van der Waals surface area contributed by atoms with Gasteiger partial charge in [-0.2, -0.15) is 0 Å². The molecular weight excluding hydrogens is 550 g/mol. The zero-order valence-corrected chi connectivity index (χ0v) is 23.0. The number of unbranched alkanes of at least 4 members (excludes halogenated alkanes) is 1. The maximum absolute atomic E-state index is 12.2. The average Bonchev–Trinajstić information content (AvgIpc) is 2.91. The van der Waals surface area contributed by atoms with Gasteiger partial charge in [-0.15, -0.1) is 0 Å². The van der Waals surface area contributed by atoms with E-state index >= 15 is 0 Å². The fourth-order valence-electron chi connectivity index (χ4n) is 4.03. The van der Waals surface area contributed by atoms with Crippen molar-refractivity contribution in [2.45, 2.75) is 51.0 Å². The number of anilines is 1.